The van der Waals surface area contributed by atoms with Crippen molar-refractivity contribution in [3.8, 4) is 35.5 Å². The van der Waals surface area contributed by atoms with Crippen molar-refractivity contribution in [3.63, 3.8) is 0 Å². The van der Waals surface area contributed by atoms with Crippen LogP contribution in [0.5, 0.6) is 0 Å². The zero-order valence-electron chi connectivity index (χ0n) is 27.1. The van der Waals surface area contributed by atoms with Gasteiger partial charge in [-0.3, -0.25) is 0 Å². The molecule has 0 saturated carbocycles. The van der Waals surface area contributed by atoms with E-state index in [9.17, 15) is 0 Å². The van der Waals surface area contributed by atoms with Crippen molar-refractivity contribution in [1.82, 2.24) is 0 Å². The summed E-state index contributed by atoms with van der Waals surface area (Å²) in [6, 6.07) is 0. The van der Waals surface area contributed by atoms with E-state index < -0.39 is 0 Å². The topological polar surface area (TPSA) is 0 Å². The van der Waals surface area contributed by atoms with Crippen molar-refractivity contribution < 1.29 is 0 Å². The summed E-state index contributed by atoms with van der Waals surface area (Å²) < 4.78 is 0. The van der Waals surface area contributed by atoms with Gasteiger partial charge in [-0.1, -0.05) is 104 Å². The average molecular weight is 533 g/mol. The highest BCUT2D eigenvalue weighted by atomic mass is 14.3. The third-order valence-electron chi connectivity index (χ3n) is 8.11. The van der Waals surface area contributed by atoms with Gasteiger partial charge in [0, 0.05) is 17.9 Å². The number of rotatable bonds is 5. The fraction of sp³-hybridized carbons (Fsp3) is 0.500. The highest BCUT2D eigenvalue weighted by Crippen LogP contribution is 2.41. The van der Waals surface area contributed by atoms with E-state index in [1.807, 2.05) is 25.2 Å². The van der Waals surface area contributed by atoms with Gasteiger partial charge in [-0.05, 0) is 126 Å². The van der Waals surface area contributed by atoms with E-state index in [0.29, 0.717) is 0 Å². The van der Waals surface area contributed by atoms with Crippen LogP contribution in [0.1, 0.15) is 114 Å². The summed E-state index contributed by atoms with van der Waals surface area (Å²) in [5.74, 6) is 19.5. The highest BCUT2D eigenvalue weighted by Gasteiger charge is 2.27. The van der Waals surface area contributed by atoms with E-state index in [-0.39, 0.29) is 16.7 Å². The van der Waals surface area contributed by atoms with Crippen LogP contribution in [0.15, 0.2) is 81.5 Å². The maximum atomic E-state index is 3.38. The molecular formula is C40H52. The van der Waals surface area contributed by atoms with Crippen molar-refractivity contribution in [3.05, 3.63) is 81.5 Å². The molecule has 0 saturated heterocycles. The van der Waals surface area contributed by atoms with Crippen molar-refractivity contribution in [2.75, 3.05) is 0 Å². The second-order valence-electron chi connectivity index (χ2n) is 13.1. The van der Waals surface area contributed by atoms with Crippen LogP contribution in [-0.4, -0.2) is 0 Å². The third-order valence-corrected chi connectivity index (χ3v) is 8.11. The van der Waals surface area contributed by atoms with Crippen LogP contribution in [0, 0.1) is 52.3 Å². The lowest BCUT2D eigenvalue weighted by Gasteiger charge is -2.33. The van der Waals surface area contributed by atoms with Gasteiger partial charge in [0.15, 0.2) is 0 Å². The molecule has 0 aromatic carbocycles. The summed E-state index contributed by atoms with van der Waals surface area (Å²) in [6.45, 7) is 22.4. The molecule has 0 amide bonds. The smallest absolute Gasteiger partial charge is 0.0357 e. The van der Waals surface area contributed by atoms with Gasteiger partial charge in [0.1, 0.15) is 0 Å². The average Bonchev–Trinajstić information content (AvgIpc) is 2.85. The molecule has 0 heterocycles. The summed E-state index contributed by atoms with van der Waals surface area (Å²) >= 11 is 0. The summed E-state index contributed by atoms with van der Waals surface area (Å²) in [5, 5.41) is 0. The minimum Gasteiger partial charge on any atom is -0.0982 e. The Hall–Kier alpha value is -3.14. The van der Waals surface area contributed by atoms with E-state index in [1.165, 1.54) is 72.0 Å². The van der Waals surface area contributed by atoms with Crippen LogP contribution < -0.4 is 0 Å². The second-order valence-corrected chi connectivity index (χ2v) is 13.1. The van der Waals surface area contributed by atoms with Crippen LogP contribution in [0.3, 0.4) is 0 Å². The Bertz CT molecular complexity index is 1320. The highest BCUT2D eigenvalue weighted by molar-refractivity contribution is 5.41. The Morgan fingerprint density at radius 1 is 0.800 bits per heavy atom. The lowest BCUT2D eigenvalue weighted by Crippen LogP contribution is -2.19. The minimum absolute atomic E-state index is 0.245. The zero-order valence-corrected chi connectivity index (χ0v) is 27.1. The Balaban J connectivity index is 1.89. The molecule has 0 nitrogen and oxygen atoms in total. The van der Waals surface area contributed by atoms with Crippen LogP contribution in [0.2, 0.25) is 0 Å². The van der Waals surface area contributed by atoms with Gasteiger partial charge < -0.3 is 0 Å². The van der Waals surface area contributed by atoms with Gasteiger partial charge in [-0.2, -0.15) is 0 Å². The van der Waals surface area contributed by atoms with Gasteiger partial charge in [0.25, 0.3) is 0 Å². The summed E-state index contributed by atoms with van der Waals surface area (Å²) in [6.07, 6.45) is 23.2. The Labute approximate surface area is 247 Å². The molecule has 0 aliphatic heterocycles. The predicted molar refractivity (Wildman–Crippen MR) is 177 cm³/mol. The molecule has 212 valence electrons. The number of hydrogen-bond donors (Lipinski definition) is 0. The van der Waals surface area contributed by atoms with Crippen LogP contribution in [0.4, 0.5) is 0 Å². The largest absolute Gasteiger partial charge is 0.0982 e. The Kier molecular flexibility index (Phi) is 12.9. The Morgan fingerprint density at radius 3 is 1.98 bits per heavy atom. The Morgan fingerprint density at radius 2 is 1.38 bits per heavy atom. The van der Waals surface area contributed by atoms with Crippen LogP contribution in [-0.2, 0) is 0 Å². The lowest BCUT2D eigenvalue weighted by molar-refractivity contribution is 0.376. The van der Waals surface area contributed by atoms with Crippen LogP contribution >= 0.6 is 0 Å². The molecule has 0 aromatic rings. The lowest BCUT2D eigenvalue weighted by atomic mass is 9.72. The molecule has 0 aromatic heterocycles. The molecule has 0 radical (unpaired) electrons. The van der Waals surface area contributed by atoms with E-state index in [4.69, 9.17) is 0 Å². The first-order valence-corrected chi connectivity index (χ1v) is 15.1. The van der Waals surface area contributed by atoms with Crippen molar-refractivity contribution in [1.29, 1.82) is 0 Å². The normalized spacial score (nSPS) is 20.5. The van der Waals surface area contributed by atoms with Gasteiger partial charge in [0.2, 0.25) is 0 Å². The molecule has 0 bridgehead atoms. The fourth-order valence-corrected chi connectivity index (χ4v) is 5.59. The fourth-order valence-electron chi connectivity index (χ4n) is 5.59. The van der Waals surface area contributed by atoms with Crippen molar-refractivity contribution in [2.45, 2.75) is 114 Å². The summed E-state index contributed by atoms with van der Waals surface area (Å²) in [5.41, 5.74) is 9.89. The van der Waals surface area contributed by atoms with Crippen LogP contribution in [0.25, 0.3) is 0 Å². The molecule has 0 spiro atoms. The number of hydrogen-bond acceptors (Lipinski definition) is 0. The molecule has 40 heavy (non-hydrogen) atoms. The first kappa shape index (κ1) is 33.1. The predicted octanol–water partition coefficient (Wildman–Crippen LogP) is 11.0. The molecule has 1 unspecified atom stereocenters. The summed E-state index contributed by atoms with van der Waals surface area (Å²) in [4.78, 5) is 0. The molecule has 0 N–H and O–H groups in total. The first-order valence-electron chi connectivity index (χ1n) is 15.1. The van der Waals surface area contributed by atoms with E-state index in [0.717, 1.165) is 12.0 Å². The van der Waals surface area contributed by atoms with Crippen molar-refractivity contribution >= 4 is 0 Å². The molecule has 0 fully saturated rings. The van der Waals surface area contributed by atoms with Crippen molar-refractivity contribution in [2.24, 2.45) is 16.7 Å². The van der Waals surface area contributed by atoms with Gasteiger partial charge in [0.05, 0.1) is 0 Å². The first-order chi connectivity index (χ1) is 18.8. The monoisotopic (exact) mass is 532 g/mol. The van der Waals surface area contributed by atoms with Gasteiger partial charge in [-0.15, -0.1) is 0 Å². The maximum Gasteiger partial charge on any atom is 0.0357 e. The molecule has 2 rings (SSSR count). The van der Waals surface area contributed by atoms with Gasteiger partial charge in [-0.25, -0.2) is 0 Å². The standard InChI is InChI=1S/C40H52/c1-31(19-13-21-33(3)25-27-37-35(5)23-15-29-39(37,7)8)17-11-12-18-32(2)20-14-22-34(4)26-28-38-36(6)24-16-30-40(38,9)10/h17-18,22,25-28,33H,15-16,19,23-24,29-30H2,1-10H3/b27-25+,28-26+,31-17+,32-18+,34-22-. The molecule has 1 atom stereocenters. The quantitative estimate of drug-likeness (QED) is 0.244. The molecule has 2 aliphatic rings. The van der Waals surface area contributed by atoms with Gasteiger partial charge >= 0.3 is 0 Å². The van der Waals surface area contributed by atoms with E-state index in [1.54, 1.807) is 0 Å². The van der Waals surface area contributed by atoms with E-state index >= 15 is 0 Å². The minimum atomic E-state index is 0.245. The third kappa shape index (κ3) is 11.2. The number of allylic oxidation sites excluding steroid dienone is 14. The SMILES string of the molecule is CC1=C(/C=C/C(C)=C\C#C/C(C)=C/C#C/C=C(\C)CC#CC(C)/C=C/C2=C(C)CCCC2(C)C)C(C)(C)CCC1. The zero-order chi connectivity index (χ0) is 29.8. The second kappa shape index (κ2) is 15.6. The maximum absolute atomic E-state index is 3.38. The summed E-state index contributed by atoms with van der Waals surface area (Å²) in [7, 11) is 0. The molecule has 2 aliphatic carbocycles. The molecular weight excluding hydrogens is 480 g/mol. The van der Waals surface area contributed by atoms with E-state index in [2.05, 4.69) is 122 Å². The molecule has 0 heteroatoms.